The largest absolute Gasteiger partial charge is 0.497 e. The van der Waals surface area contributed by atoms with Gasteiger partial charge in [0.2, 0.25) is 0 Å². The Morgan fingerprint density at radius 2 is 1.67 bits per heavy atom. The Morgan fingerprint density at radius 1 is 1.10 bits per heavy atom. The van der Waals surface area contributed by atoms with Gasteiger partial charge in [-0.25, -0.2) is 8.78 Å². The molecule has 0 amide bonds. The average Bonchev–Trinajstić information content (AvgIpc) is 3.29. The third-order valence-electron chi connectivity index (χ3n) is 4.16. The van der Waals surface area contributed by atoms with E-state index in [0.717, 1.165) is 18.4 Å². The van der Waals surface area contributed by atoms with E-state index in [1.54, 1.807) is 0 Å². The van der Waals surface area contributed by atoms with E-state index in [9.17, 15) is 8.78 Å². The number of rotatable bonds is 4. The van der Waals surface area contributed by atoms with Gasteiger partial charge in [0.1, 0.15) is 17.4 Å². The molecule has 0 aliphatic heterocycles. The summed E-state index contributed by atoms with van der Waals surface area (Å²) in [7, 11) is 1.39. The van der Waals surface area contributed by atoms with Crippen LogP contribution in [0, 0.1) is 11.6 Å². The molecule has 1 saturated carbocycles. The lowest BCUT2D eigenvalue weighted by molar-refractivity contribution is 0.404. The molecular weight excluding hydrogens is 338 g/mol. The summed E-state index contributed by atoms with van der Waals surface area (Å²) in [6.45, 7) is 0. The summed E-state index contributed by atoms with van der Waals surface area (Å²) in [5.41, 5.74) is 0.969. The molecule has 1 atom stereocenters. The van der Waals surface area contributed by atoms with Crippen LogP contribution in [0.3, 0.4) is 0 Å². The van der Waals surface area contributed by atoms with E-state index in [2.05, 4.69) is 15.9 Å². The van der Waals surface area contributed by atoms with E-state index in [1.165, 1.54) is 19.2 Å². The fourth-order valence-corrected chi connectivity index (χ4v) is 3.95. The number of hydrogen-bond donors (Lipinski definition) is 0. The highest BCUT2D eigenvalue weighted by molar-refractivity contribution is 9.09. The molecule has 1 aliphatic rings. The Kier molecular flexibility index (Phi) is 3.74. The van der Waals surface area contributed by atoms with Gasteiger partial charge in [0.05, 0.1) is 11.9 Å². The zero-order valence-electron chi connectivity index (χ0n) is 11.6. The van der Waals surface area contributed by atoms with Crippen molar-refractivity contribution in [1.29, 1.82) is 0 Å². The van der Waals surface area contributed by atoms with Gasteiger partial charge in [-0.3, -0.25) is 0 Å². The minimum absolute atomic E-state index is 0.0807. The SMILES string of the molecule is COc1cc(F)c(C(Br)C2(c3ccccc3)CC2)c(F)c1. The summed E-state index contributed by atoms with van der Waals surface area (Å²) in [5, 5.41) is 0. The molecule has 0 saturated heterocycles. The third kappa shape index (κ3) is 2.46. The Bertz CT molecular complexity index is 630. The summed E-state index contributed by atoms with van der Waals surface area (Å²) >= 11 is 3.53. The highest BCUT2D eigenvalue weighted by Gasteiger charge is 2.51. The molecule has 0 N–H and O–H groups in total. The molecule has 1 nitrogen and oxygen atoms in total. The predicted octanol–water partition coefficient (Wildman–Crippen LogP) is 5.14. The predicted molar refractivity (Wildman–Crippen MR) is 81.9 cm³/mol. The van der Waals surface area contributed by atoms with E-state index in [4.69, 9.17) is 4.74 Å². The molecule has 21 heavy (non-hydrogen) atoms. The van der Waals surface area contributed by atoms with Crippen LogP contribution in [0.15, 0.2) is 42.5 Å². The number of methoxy groups -OCH3 is 1. The van der Waals surface area contributed by atoms with Crippen molar-refractivity contribution < 1.29 is 13.5 Å². The highest BCUT2D eigenvalue weighted by Crippen LogP contribution is 2.60. The fraction of sp³-hybridized carbons (Fsp3) is 0.294. The molecule has 2 aromatic carbocycles. The van der Waals surface area contributed by atoms with Crippen LogP contribution in [0.25, 0.3) is 0 Å². The van der Waals surface area contributed by atoms with Crippen molar-refractivity contribution in [2.75, 3.05) is 7.11 Å². The van der Waals surface area contributed by atoms with Crippen LogP contribution in [0.2, 0.25) is 0 Å². The molecule has 0 bridgehead atoms. The molecule has 0 spiro atoms. The van der Waals surface area contributed by atoms with Crippen molar-refractivity contribution in [3.05, 3.63) is 65.2 Å². The third-order valence-corrected chi connectivity index (χ3v) is 5.50. The van der Waals surface area contributed by atoms with Crippen LogP contribution in [-0.4, -0.2) is 7.11 Å². The van der Waals surface area contributed by atoms with Gasteiger partial charge in [-0.05, 0) is 18.4 Å². The van der Waals surface area contributed by atoms with Gasteiger partial charge in [-0.1, -0.05) is 46.3 Å². The Labute approximate surface area is 131 Å². The van der Waals surface area contributed by atoms with Crippen LogP contribution in [0.1, 0.15) is 28.8 Å². The van der Waals surface area contributed by atoms with Gasteiger partial charge >= 0.3 is 0 Å². The minimum Gasteiger partial charge on any atom is -0.497 e. The first-order chi connectivity index (χ1) is 10.1. The van der Waals surface area contributed by atoms with E-state index >= 15 is 0 Å². The van der Waals surface area contributed by atoms with E-state index in [0.29, 0.717) is 0 Å². The lowest BCUT2D eigenvalue weighted by Gasteiger charge is -2.24. The average molecular weight is 353 g/mol. The van der Waals surface area contributed by atoms with E-state index < -0.39 is 16.5 Å². The molecule has 1 aliphatic carbocycles. The van der Waals surface area contributed by atoms with Crippen LogP contribution in [0.4, 0.5) is 8.78 Å². The van der Waals surface area contributed by atoms with Gasteiger partial charge in [-0.15, -0.1) is 0 Å². The maximum atomic E-state index is 14.3. The quantitative estimate of drug-likeness (QED) is 0.692. The second kappa shape index (κ2) is 5.41. The second-order valence-electron chi connectivity index (χ2n) is 5.39. The first-order valence-corrected chi connectivity index (χ1v) is 7.72. The molecule has 4 heteroatoms. The lowest BCUT2D eigenvalue weighted by atomic mass is 9.88. The van der Waals surface area contributed by atoms with Crippen molar-refractivity contribution in [3.8, 4) is 5.75 Å². The number of halogens is 3. The maximum absolute atomic E-state index is 14.3. The van der Waals surface area contributed by atoms with Crippen molar-refractivity contribution >= 4 is 15.9 Å². The monoisotopic (exact) mass is 352 g/mol. The molecule has 1 fully saturated rings. The summed E-state index contributed by atoms with van der Waals surface area (Å²) in [6, 6.07) is 12.3. The molecule has 3 rings (SSSR count). The zero-order chi connectivity index (χ0) is 15.0. The molecule has 0 aromatic heterocycles. The van der Waals surface area contributed by atoms with Crippen LogP contribution in [0.5, 0.6) is 5.75 Å². The molecule has 0 radical (unpaired) electrons. The molecule has 1 unspecified atom stereocenters. The topological polar surface area (TPSA) is 9.23 Å². The van der Waals surface area contributed by atoms with E-state index in [-0.39, 0.29) is 16.7 Å². The number of alkyl halides is 1. The van der Waals surface area contributed by atoms with Gasteiger partial charge < -0.3 is 4.74 Å². The zero-order valence-corrected chi connectivity index (χ0v) is 13.2. The number of ether oxygens (including phenoxy) is 1. The standard InChI is InChI=1S/C17H15BrF2O/c1-21-12-9-13(19)15(14(20)10-12)16(18)17(7-8-17)11-5-3-2-4-6-11/h2-6,9-10,16H,7-8H2,1H3. The summed E-state index contributed by atoms with van der Waals surface area (Å²) in [5.74, 6) is -0.954. The van der Waals surface area contributed by atoms with Crippen LogP contribution in [-0.2, 0) is 5.41 Å². The number of hydrogen-bond acceptors (Lipinski definition) is 1. The molecule has 0 heterocycles. The Balaban J connectivity index is 2.02. The van der Waals surface area contributed by atoms with Crippen molar-refractivity contribution in [2.45, 2.75) is 23.1 Å². The Hall–Kier alpha value is -1.42. The highest BCUT2D eigenvalue weighted by atomic mass is 79.9. The van der Waals surface area contributed by atoms with Crippen molar-refractivity contribution in [2.24, 2.45) is 0 Å². The Morgan fingerprint density at radius 3 is 2.14 bits per heavy atom. The van der Waals surface area contributed by atoms with Gasteiger partial charge in [-0.2, -0.15) is 0 Å². The molecular formula is C17H15BrF2O. The second-order valence-corrected chi connectivity index (χ2v) is 6.31. The van der Waals surface area contributed by atoms with Crippen molar-refractivity contribution in [3.63, 3.8) is 0 Å². The molecule has 110 valence electrons. The first-order valence-electron chi connectivity index (χ1n) is 6.81. The van der Waals surface area contributed by atoms with E-state index in [1.807, 2.05) is 30.3 Å². The normalized spacial score (nSPS) is 17.3. The van der Waals surface area contributed by atoms with Gasteiger partial charge in [0.25, 0.3) is 0 Å². The molecule has 2 aromatic rings. The minimum atomic E-state index is -0.573. The summed E-state index contributed by atoms with van der Waals surface area (Å²) < 4.78 is 33.4. The summed E-state index contributed by atoms with van der Waals surface area (Å²) in [6.07, 6.45) is 1.83. The first kappa shape index (κ1) is 14.5. The fourth-order valence-electron chi connectivity index (χ4n) is 2.79. The maximum Gasteiger partial charge on any atom is 0.134 e. The van der Waals surface area contributed by atoms with Crippen LogP contribution < -0.4 is 4.74 Å². The van der Waals surface area contributed by atoms with Crippen molar-refractivity contribution in [1.82, 2.24) is 0 Å². The smallest absolute Gasteiger partial charge is 0.134 e. The van der Waals surface area contributed by atoms with Crippen LogP contribution >= 0.6 is 15.9 Å². The lowest BCUT2D eigenvalue weighted by Crippen LogP contribution is -2.16. The van der Waals surface area contributed by atoms with Gasteiger partial charge in [0, 0.05) is 23.1 Å². The number of benzene rings is 2. The summed E-state index contributed by atoms with van der Waals surface area (Å²) in [4.78, 5) is -0.390. The van der Waals surface area contributed by atoms with Gasteiger partial charge in [0.15, 0.2) is 0 Å².